The first-order valence-electron chi connectivity index (χ1n) is 5.72. The smallest absolute Gasteiger partial charge is 0.270 e. The van der Waals surface area contributed by atoms with E-state index in [0.717, 1.165) is 0 Å². The average Bonchev–Trinajstić information content (AvgIpc) is 2.99. The van der Waals surface area contributed by atoms with E-state index in [1.54, 1.807) is 30.3 Å². The molecule has 0 aliphatic carbocycles. The van der Waals surface area contributed by atoms with Crippen molar-refractivity contribution in [2.75, 3.05) is 4.90 Å². The molecule has 0 unspecified atom stereocenters. The summed E-state index contributed by atoms with van der Waals surface area (Å²) >= 11 is 6.36. The lowest BCUT2D eigenvalue weighted by atomic mass is 10.2. The van der Waals surface area contributed by atoms with Crippen molar-refractivity contribution in [1.82, 2.24) is 0 Å². The number of amides is 1. The fourth-order valence-corrected chi connectivity index (χ4v) is 3.09. The molecule has 100 valence electrons. The minimum absolute atomic E-state index is 0.276. The van der Waals surface area contributed by atoms with Crippen molar-refractivity contribution in [3.05, 3.63) is 59.1 Å². The molecule has 1 aromatic carbocycles. The fraction of sp³-hybridized carbons (Fsp3) is 0. The van der Waals surface area contributed by atoms with E-state index in [9.17, 15) is 9.18 Å². The Morgan fingerprint density at radius 2 is 2.15 bits per heavy atom. The number of furan rings is 1. The molecule has 20 heavy (non-hydrogen) atoms. The molecule has 0 radical (unpaired) electrons. The van der Waals surface area contributed by atoms with Crippen LogP contribution in [0.1, 0.15) is 5.76 Å². The van der Waals surface area contributed by atoms with E-state index in [1.165, 1.54) is 35.1 Å². The first-order valence-corrected chi connectivity index (χ1v) is 6.94. The van der Waals surface area contributed by atoms with E-state index in [2.05, 4.69) is 0 Å². The van der Waals surface area contributed by atoms with Crippen LogP contribution in [0.25, 0.3) is 6.08 Å². The first kappa shape index (κ1) is 13.1. The highest BCUT2D eigenvalue weighted by molar-refractivity contribution is 8.27. The second-order valence-corrected chi connectivity index (χ2v) is 5.69. The van der Waals surface area contributed by atoms with E-state index in [-0.39, 0.29) is 5.91 Å². The van der Waals surface area contributed by atoms with Crippen molar-refractivity contribution in [2.24, 2.45) is 0 Å². The van der Waals surface area contributed by atoms with Crippen LogP contribution < -0.4 is 4.90 Å². The monoisotopic (exact) mass is 305 g/mol. The molecule has 1 aliphatic rings. The number of hydrogen-bond acceptors (Lipinski definition) is 4. The zero-order valence-corrected chi connectivity index (χ0v) is 11.7. The summed E-state index contributed by atoms with van der Waals surface area (Å²) in [7, 11) is 0. The van der Waals surface area contributed by atoms with Crippen molar-refractivity contribution < 1.29 is 13.6 Å². The van der Waals surface area contributed by atoms with Gasteiger partial charge in [-0.25, -0.2) is 4.39 Å². The van der Waals surface area contributed by atoms with E-state index < -0.39 is 5.82 Å². The molecule has 6 heteroatoms. The molecule has 0 atom stereocenters. The number of carbonyl (C=O) groups excluding carboxylic acids is 1. The number of benzene rings is 1. The minimum Gasteiger partial charge on any atom is -0.465 e. The average molecular weight is 305 g/mol. The maximum atomic E-state index is 13.3. The summed E-state index contributed by atoms with van der Waals surface area (Å²) in [6.45, 7) is 0. The molecule has 0 saturated carbocycles. The van der Waals surface area contributed by atoms with Gasteiger partial charge in [0.05, 0.1) is 16.9 Å². The van der Waals surface area contributed by atoms with Gasteiger partial charge in [-0.05, 0) is 30.3 Å². The van der Waals surface area contributed by atoms with Crippen LogP contribution >= 0.6 is 24.0 Å². The Morgan fingerprint density at radius 3 is 2.85 bits per heavy atom. The molecule has 3 nitrogen and oxygen atoms in total. The number of hydrogen-bond donors (Lipinski definition) is 0. The third-order valence-corrected chi connectivity index (χ3v) is 3.98. The molecule has 0 N–H and O–H groups in total. The van der Waals surface area contributed by atoms with Gasteiger partial charge in [0.1, 0.15) is 11.6 Å². The Labute approximate surface area is 124 Å². The molecule has 2 aromatic rings. The number of anilines is 1. The van der Waals surface area contributed by atoms with Gasteiger partial charge in [-0.1, -0.05) is 30.0 Å². The van der Waals surface area contributed by atoms with Gasteiger partial charge < -0.3 is 4.42 Å². The first-order chi connectivity index (χ1) is 9.65. The van der Waals surface area contributed by atoms with E-state index in [1.807, 2.05) is 0 Å². The molecular formula is C14H8FNO2S2. The second kappa shape index (κ2) is 5.22. The van der Waals surface area contributed by atoms with Gasteiger partial charge in [0.2, 0.25) is 0 Å². The Hall–Kier alpha value is -1.92. The highest BCUT2D eigenvalue weighted by atomic mass is 32.2. The Bertz CT molecular complexity index is 710. The molecule has 1 saturated heterocycles. The van der Waals surface area contributed by atoms with Crippen LogP contribution in [0.4, 0.5) is 10.1 Å². The normalized spacial score (nSPS) is 17.2. The molecule has 0 bridgehead atoms. The molecule has 1 aliphatic heterocycles. The van der Waals surface area contributed by atoms with Crippen LogP contribution in [0, 0.1) is 5.82 Å². The summed E-state index contributed by atoms with van der Waals surface area (Å²) in [5.41, 5.74) is 0.426. The zero-order chi connectivity index (χ0) is 14.1. The third kappa shape index (κ3) is 2.39. The van der Waals surface area contributed by atoms with E-state index in [4.69, 9.17) is 16.6 Å². The van der Waals surface area contributed by atoms with Crippen LogP contribution in [0.5, 0.6) is 0 Å². The Balaban J connectivity index is 1.95. The third-order valence-electron chi connectivity index (χ3n) is 2.68. The van der Waals surface area contributed by atoms with Crippen LogP contribution in [0.2, 0.25) is 0 Å². The zero-order valence-electron chi connectivity index (χ0n) is 10.1. The van der Waals surface area contributed by atoms with Gasteiger partial charge in [0, 0.05) is 6.08 Å². The second-order valence-electron chi connectivity index (χ2n) is 4.01. The van der Waals surface area contributed by atoms with Crippen molar-refractivity contribution in [3.63, 3.8) is 0 Å². The van der Waals surface area contributed by atoms with Gasteiger partial charge in [-0.2, -0.15) is 0 Å². The van der Waals surface area contributed by atoms with Crippen LogP contribution in [-0.4, -0.2) is 10.2 Å². The van der Waals surface area contributed by atoms with Crippen LogP contribution in [-0.2, 0) is 4.79 Å². The Kier molecular flexibility index (Phi) is 3.42. The molecule has 0 spiro atoms. The SMILES string of the molecule is O=C1C(=Cc2ccco2)SC(=S)N1c1cccc(F)c1. The van der Waals surface area contributed by atoms with Crippen molar-refractivity contribution in [2.45, 2.75) is 0 Å². The molecule has 1 fully saturated rings. The summed E-state index contributed by atoms with van der Waals surface area (Å²) in [6.07, 6.45) is 3.15. The lowest BCUT2D eigenvalue weighted by Crippen LogP contribution is -2.27. The quantitative estimate of drug-likeness (QED) is 0.624. The maximum absolute atomic E-state index is 13.3. The number of nitrogens with zero attached hydrogens (tertiary/aromatic N) is 1. The molecular weight excluding hydrogens is 297 g/mol. The van der Waals surface area contributed by atoms with Crippen molar-refractivity contribution in [1.29, 1.82) is 0 Å². The van der Waals surface area contributed by atoms with Crippen molar-refractivity contribution in [3.8, 4) is 0 Å². The molecule has 3 rings (SSSR count). The van der Waals surface area contributed by atoms with Gasteiger partial charge in [-0.15, -0.1) is 0 Å². The molecule has 1 amide bonds. The van der Waals surface area contributed by atoms with Crippen LogP contribution in [0.15, 0.2) is 52.0 Å². The highest BCUT2D eigenvalue weighted by Gasteiger charge is 2.33. The largest absolute Gasteiger partial charge is 0.465 e. The topological polar surface area (TPSA) is 33.5 Å². The highest BCUT2D eigenvalue weighted by Crippen LogP contribution is 2.36. The summed E-state index contributed by atoms with van der Waals surface area (Å²) in [5, 5.41) is 0. The van der Waals surface area contributed by atoms with Crippen molar-refractivity contribution >= 4 is 46.0 Å². The fourth-order valence-electron chi connectivity index (χ4n) is 1.81. The van der Waals surface area contributed by atoms with Crippen LogP contribution in [0.3, 0.4) is 0 Å². The predicted molar refractivity (Wildman–Crippen MR) is 80.8 cm³/mol. The van der Waals surface area contributed by atoms with Gasteiger partial charge >= 0.3 is 0 Å². The molecule has 2 heterocycles. The van der Waals surface area contributed by atoms with E-state index in [0.29, 0.717) is 20.7 Å². The van der Waals surface area contributed by atoms with Gasteiger partial charge in [0.25, 0.3) is 5.91 Å². The number of rotatable bonds is 2. The van der Waals surface area contributed by atoms with E-state index >= 15 is 0 Å². The standard InChI is InChI=1S/C14H8FNO2S2/c15-9-3-1-4-10(7-9)16-13(17)12(20-14(16)19)8-11-5-2-6-18-11/h1-8H. The summed E-state index contributed by atoms with van der Waals surface area (Å²) < 4.78 is 18.8. The Morgan fingerprint density at radius 1 is 1.30 bits per heavy atom. The van der Waals surface area contributed by atoms with Gasteiger partial charge in [0.15, 0.2) is 4.32 Å². The minimum atomic E-state index is -0.411. The number of halogens is 1. The number of thiocarbonyl (C=S) groups is 1. The lowest BCUT2D eigenvalue weighted by molar-refractivity contribution is -0.113. The lowest BCUT2D eigenvalue weighted by Gasteiger charge is -2.14. The van der Waals surface area contributed by atoms with Gasteiger partial charge in [-0.3, -0.25) is 9.69 Å². The molecule has 1 aromatic heterocycles. The summed E-state index contributed by atoms with van der Waals surface area (Å²) in [6, 6.07) is 9.26. The summed E-state index contributed by atoms with van der Waals surface area (Å²) in [5.74, 6) is -0.113. The summed E-state index contributed by atoms with van der Waals surface area (Å²) in [4.78, 5) is 14.1. The number of thioether (sulfide) groups is 1. The number of carbonyl (C=O) groups is 1. The maximum Gasteiger partial charge on any atom is 0.270 e. The predicted octanol–water partition coefficient (Wildman–Crippen LogP) is 3.82.